The minimum Gasteiger partial charge on any atom is -0.315 e. The van der Waals surface area contributed by atoms with Crippen LogP contribution < -0.4 is 5.32 Å². The van der Waals surface area contributed by atoms with Crippen molar-refractivity contribution in [2.45, 2.75) is 78.7 Å². The van der Waals surface area contributed by atoms with Crippen molar-refractivity contribution in [1.29, 1.82) is 0 Å². The Bertz CT molecular complexity index is 123. The van der Waals surface area contributed by atoms with Gasteiger partial charge in [0.25, 0.3) is 0 Å². The second kappa shape index (κ2) is 10.5. The van der Waals surface area contributed by atoms with Gasteiger partial charge in [-0.2, -0.15) is 0 Å². The molecule has 0 rings (SSSR count). The maximum atomic E-state index is 3.46. The van der Waals surface area contributed by atoms with Crippen LogP contribution in [0.4, 0.5) is 0 Å². The highest BCUT2D eigenvalue weighted by atomic mass is 14.9. The van der Waals surface area contributed by atoms with Crippen LogP contribution in [-0.2, 0) is 0 Å². The lowest BCUT2D eigenvalue weighted by molar-refractivity contribution is 0.456. The lowest BCUT2D eigenvalue weighted by Crippen LogP contribution is -2.25. The van der Waals surface area contributed by atoms with Crippen LogP contribution in [0.2, 0.25) is 0 Å². The van der Waals surface area contributed by atoms with Crippen LogP contribution in [0.5, 0.6) is 0 Å². The van der Waals surface area contributed by atoms with Crippen molar-refractivity contribution >= 4 is 0 Å². The zero-order valence-electron chi connectivity index (χ0n) is 11.3. The second-order valence-corrected chi connectivity index (χ2v) is 4.96. The smallest absolute Gasteiger partial charge is 0.00386 e. The topological polar surface area (TPSA) is 12.0 Å². The molecule has 0 spiro atoms. The summed E-state index contributed by atoms with van der Waals surface area (Å²) in [5.74, 6) is 0.936. The van der Waals surface area contributed by atoms with Gasteiger partial charge >= 0.3 is 0 Å². The van der Waals surface area contributed by atoms with Crippen molar-refractivity contribution < 1.29 is 0 Å². The summed E-state index contributed by atoms with van der Waals surface area (Å²) in [5, 5.41) is 3.46. The first-order chi connectivity index (χ1) is 7.20. The minimum atomic E-state index is 0.713. The zero-order chi connectivity index (χ0) is 11.5. The molecule has 0 aromatic carbocycles. The average Bonchev–Trinajstić information content (AvgIpc) is 2.23. The third kappa shape index (κ3) is 10.2. The van der Waals surface area contributed by atoms with Crippen LogP contribution in [0.25, 0.3) is 0 Å². The van der Waals surface area contributed by atoms with Gasteiger partial charge in [-0.25, -0.2) is 0 Å². The lowest BCUT2D eigenvalue weighted by atomic mass is 9.99. The first-order valence-corrected chi connectivity index (χ1v) is 6.94. The third-order valence-electron chi connectivity index (χ3n) is 3.33. The first-order valence-electron chi connectivity index (χ1n) is 6.94. The molecule has 2 atom stereocenters. The van der Waals surface area contributed by atoms with E-state index in [9.17, 15) is 0 Å². The molecule has 0 aliphatic rings. The second-order valence-electron chi connectivity index (χ2n) is 4.96. The van der Waals surface area contributed by atoms with Gasteiger partial charge in [0.15, 0.2) is 0 Å². The molecular formula is C14H31N. The fourth-order valence-corrected chi connectivity index (χ4v) is 1.95. The number of unbranched alkanes of at least 4 members (excludes halogenated alkanes) is 3. The van der Waals surface area contributed by atoms with Gasteiger partial charge in [0.1, 0.15) is 0 Å². The fraction of sp³-hybridized carbons (Fsp3) is 1.00. The molecule has 0 bridgehead atoms. The summed E-state index contributed by atoms with van der Waals surface area (Å²) in [6.45, 7) is 10.2. The van der Waals surface area contributed by atoms with E-state index in [1.54, 1.807) is 0 Å². The molecule has 0 saturated heterocycles. The van der Waals surface area contributed by atoms with Crippen LogP contribution in [0.3, 0.4) is 0 Å². The molecule has 0 heterocycles. The summed E-state index contributed by atoms with van der Waals surface area (Å²) in [6, 6.07) is 0.713. The van der Waals surface area contributed by atoms with E-state index in [-0.39, 0.29) is 0 Å². The Labute approximate surface area is 97.0 Å². The molecule has 0 aliphatic carbocycles. The van der Waals surface area contributed by atoms with Crippen molar-refractivity contribution in [1.82, 2.24) is 5.32 Å². The highest BCUT2D eigenvalue weighted by molar-refractivity contribution is 4.59. The summed E-state index contributed by atoms with van der Waals surface area (Å²) >= 11 is 0. The Balaban J connectivity index is 3.11. The number of hydrogen-bond donors (Lipinski definition) is 1. The van der Waals surface area contributed by atoms with Crippen LogP contribution >= 0.6 is 0 Å². The highest BCUT2D eigenvalue weighted by Crippen LogP contribution is 2.13. The van der Waals surface area contributed by atoms with E-state index >= 15 is 0 Å². The van der Waals surface area contributed by atoms with Gasteiger partial charge in [0.2, 0.25) is 0 Å². The Hall–Kier alpha value is -0.0400. The van der Waals surface area contributed by atoms with Gasteiger partial charge in [-0.3, -0.25) is 0 Å². The predicted molar refractivity (Wildman–Crippen MR) is 70.3 cm³/mol. The fourth-order valence-electron chi connectivity index (χ4n) is 1.95. The average molecular weight is 213 g/mol. The highest BCUT2D eigenvalue weighted by Gasteiger charge is 2.00. The molecule has 1 N–H and O–H groups in total. The molecule has 0 fully saturated rings. The van der Waals surface area contributed by atoms with Crippen LogP contribution in [0.15, 0.2) is 0 Å². The van der Waals surface area contributed by atoms with Crippen LogP contribution in [0, 0.1) is 5.92 Å². The van der Waals surface area contributed by atoms with Gasteiger partial charge < -0.3 is 5.32 Å². The van der Waals surface area contributed by atoms with Crippen molar-refractivity contribution in [3.8, 4) is 0 Å². The molecular weight excluding hydrogens is 182 g/mol. The third-order valence-corrected chi connectivity index (χ3v) is 3.33. The van der Waals surface area contributed by atoms with E-state index in [2.05, 4.69) is 33.0 Å². The van der Waals surface area contributed by atoms with Crippen molar-refractivity contribution in [2.75, 3.05) is 6.54 Å². The Morgan fingerprint density at radius 1 is 0.867 bits per heavy atom. The van der Waals surface area contributed by atoms with Crippen LogP contribution in [0.1, 0.15) is 72.6 Å². The van der Waals surface area contributed by atoms with E-state index in [4.69, 9.17) is 0 Å². The van der Waals surface area contributed by atoms with Crippen molar-refractivity contribution in [3.05, 3.63) is 0 Å². The molecule has 0 amide bonds. The first kappa shape index (κ1) is 15.0. The normalized spacial score (nSPS) is 15.2. The number of nitrogens with one attached hydrogen (secondary N) is 1. The largest absolute Gasteiger partial charge is 0.315 e. The molecule has 0 radical (unpaired) electrons. The molecule has 0 aromatic heterocycles. The molecule has 15 heavy (non-hydrogen) atoms. The van der Waals surface area contributed by atoms with Gasteiger partial charge in [-0.15, -0.1) is 0 Å². The van der Waals surface area contributed by atoms with Crippen molar-refractivity contribution in [2.24, 2.45) is 5.92 Å². The molecule has 2 unspecified atom stereocenters. The number of rotatable bonds is 10. The summed E-state index contributed by atoms with van der Waals surface area (Å²) in [7, 11) is 0. The van der Waals surface area contributed by atoms with Gasteiger partial charge in [-0.1, -0.05) is 59.3 Å². The van der Waals surface area contributed by atoms with Crippen molar-refractivity contribution in [3.63, 3.8) is 0 Å². The van der Waals surface area contributed by atoms with E-state index in [0.29, 0.717) is 6.04 Å². The van der Waals surface area contributed by atoms with Gasteiger partial charge in [-0.05, 0) is 25.8 Å². The molecule has 92 valence electrons. The summed E-state index contributed by atoms with van der Waals surface area (Å²) in [4.78, 5) is 0. The molecule has 0 aliphatic heterocycles. The Morgan fingerprint density at radius 3 is 2.00 bits per heavy atom. The lowest BCUT2D eigenvalue weighted by Gasteiger charge is -2.12. The Morgan fingerprint density at radius 2 is 1.47 bits per heavy atom. The quantitative estimate of drug-likeness (QED) is 0.531. The molecule has 1 heteroatoms. The van der Waals surface area contributed by atoms with E-state index < -0.39 is 0 Å². The number of hydrogen-bond acceptors (Lipinski definition) is 1. The maximum Gasteiger partial charge on any atom is 0.00386 e. The Kier molecular flexibility index (Phi) is 10.4. The maximum absolute atomic E-state index is 3.46. The van der Waals surface area contributed by atoms with Crippen LogP contribution in [-0.4, -0.2) is 12.6 Å². The molecule has 1 nitrogen and oxygen atoms in total. The SMILES string of the molecule is CCNC(C)CCCCCCC(C)CC. The van der Waals surface area contributed by atoms with Gasteiger partial charge in [0.05, 0.1) is 0 Å². The summed E-state index contributed by atoms with van der Waals surface area (Å²) < 4.78 is 0. The minimum absolute atomic E-state index is 0.713. The summed E-state index contributed by atoms with van der Waals surface area (Å²) in [6.07, 6.45) is 9.81. The van der Waals surface area contributed by atoms with E-state index in [1.165, 1.54) is 44.9 Å². The standard InChI is InChI=1S/C14H31N/c1-5-13(3)11-9-7-8-10-12-14(4)15-6-2/h13-15H,5-12H2,1-4H3. The molecule has 0 aromatic rings. The van der Waals surface area contributed by atoms with Gasteiger partial charge in [0, 0.05) is 6.04 Å². The van der Waals surface area contributed by atoms with E-state index in [1.807, 2.05) is 0 Å². The predicted octanol–water partition coefficient (Wildman–Crippen LogP) is 4.37. The summed E-state index contributed by atoms with van der Waals surface area (Å²) in [5.41, 5.74) is 0. The molecule has 0 saturated carbocycles. The monoisotopic (exact) mass is 213 g/mol. The zero-order valence-corrected chi connectivity index (χ0v) is 11.3. The van der Waals surface area contributed by atoms with E-state index in [0.717, 1.165) is 12.5 Å².